The smallest absolute Gasteiger partial charge is 1.00 e. The second kappa shape index (κ2) is 72.3. The molecule has 0 saturated carbocycles. The first-order valence-corrected chi connectivity index (χ1v) is 39.1. The largest absolute Gasteiger partial charge is 1.00 e. The summed E-state index contributed by atoms with van der Waals surface area (Å²) < 4.78 is 115. The van der Waals surface area contributed by atoms with Crippen LogP contribution in [0.15, 0.2) is 128 Å². The maximum Gasteiger partial charge on any atom is 1.00 e. The van der Waals surface area contributed by atoms with Gasteiger partial charge in [-0.1, -0.05) is 139 Å². The molecule has 6 heterocycles. The number of ether oxygens (including phenoxy) is 8. The SMILES string of the molecule is C=C(C)F.C=C(F)CBr.C=C(F)CNC(=O)OCC.CC#CC#CC#CC#CC#CC.CC=O.CCOC(=O)N1CC2N(Cc3ccccc3)CCC2(F)C1.CCOC(=O)NCC(OC)OC.CCOC(=O)NCC(OC)OC.CN1CC2N(Cc3ccccc3)CCC2(F)C1.CN1CC2NCCC2(F)C1.O=C(O)CNCc1ccccc1.[AlH3].[H-].[Li+]. The molecule has 6 aliphatic rings. The molecule has 0 aliphatic carbocycles. The number of benzene rings is 3. The maximum absolute atomic E-state index is 15.0. The van der Waals surface area contributed by atoms with Gasteiger partial charge in [0.05, 0.1) is 88.4 Å². The standard InChI is InChI=1S/C16H21FN2O2.C14H19FN2.C12H6.C9H11NO2.C7H13FN2.2C7H15NO4.C6H10FNO2.C3H4BrF.C3H5F.C2H4O.Al.Li.4H/c1-2-21-15(20)19-11-14-16(17,12-19)8-9-18(14)10-13-6-4-3-5-7-13;1-16-10-13-14(15,11-16)7-8-17(13)9-12-5-3-2-4-6-12;1-3-5-7-9-11-12-10-8-6-4-2;11-9(12)7-10-6-8-4-2-1-3-5-8;1-10-4-6-7(8,5-10)2-3-9-6;2*1-4-12-7(9)8-5-6(10-2)11-3;1-3-10-6(9)8-4-5(2)7;1-3(5)2-4;1-3(2)4;1-2-3;;;;;;/h3-7,14H,2,8-12H2,1H3;2-6,13H,7-11H2,1H3;1-2H3;1-5,10H,6-7H2,(H,11,12);6,9H,2-5H2,1H3;2*6H,4-5H2,1-3H3,(H,8,9);2-4H2,1H3,(H,8,9);1-2H2;1H2,2H3;2H,1H3;;;;;;/q;;;;;;;;;;;;+1;;;;-1. The maximum atomic E-state index is 15.0. The molecule has 0 aromatic heterocycles. The Morgan fingerprint density at radius 1 is 0.583 bits per heavy atom. The van der Waals surface area contributed by atoms with Crippen molar-refractivity contribution in [1.29, 1.82) is 0 Å². The predicted molar refractivity (Wildman–Crippen MR) is 462 cm³/mol. The molecule has 0 radical (unpaired) electrons. The third-order valence-corrected chi connectivity index (χ3v) is 17.2. The van der Waals surface area contributed by atoms with E-state index in [4.69, 9.17) is 33.6 Å². The van der Waals surface area contributed by atoms with Crippen LogP contribution in [0.3, 0.4) is 0 Å². The zero-order valence-corrected chi connectivity index (χ0v) is 73.3. The molecule has 6 aliphatic heterocycles. The van der Waals surface area contributed by atoms with E-state index in [0.717, 1.165) is 57.7 Å². The monoisotopic (exact) mass is 1770 g/mol. The van der Waals surface area contributed by atoms with Gasteiger partial charge < -0.3 is 90.5 Å². The molecule has 6 N–H and O–H groups in total. The Labute approximate surface area is 740 Å². The second-order valence-electron chi connectivity index (χ2n) is 25.9. The van der Waals surface area contributed by atoms with Crippen LogP contribution < -0.4 is 45.4 Å². The van der Waals surface area contributed by atoms with Gasteiger partial charge in [-0.2, -0.15) is 0 Å². The summed E-state index contributed by atoms with van der Waals surface area (Å²) in [5.41, 5.74) is 0.390. The summed E-state index contributed by atoms with van der Waals surface area (Å²) in [6.07, 6.45) is -0.168. The molecule has 0 bridgehead atoms. The number of halogens is 7. The number of aldehydes is 1. The number of likely N-dealkylation sites (tertiary alicyclic amines) is 5. The van der Waals surface area contributed by atoms with Crippen molar-refractivity contribution in [2.75, 3.05) is 159 Å². The minimum atomic E-state index is -1.29. The van der Waals surface area contributed by atoms with Crippen LogP contribution in [0.5, 0.6) is 0 Å². The van der Waals surface area contributed by atoms with Crippen molar-refractivity contribution >= 4 is 69.9 Å². The molecule has 6 unspecified atom stereocenters. The molecule has 6 saturated heterocycles. The number of carbonyl (C=O) groups is 6. The van der Waals surface area contributed by atoms with Crippen LogP contribution in [0.1, 0.15) is 92.8 Å². The van der Waals surface area contributed by atoms with Crippen molar-refractivity contribution in [3.8, 4) is 59.2 Å². The van der Waals surface area contributed by atoms with Gasteiger partial charge in [-0.05, 0) is 159 Å². The van der Waals surface area contributed by atoms with Crippen molar-refractivity contribution in [1.82, 2.24) is 51.1 Å². The minimum absolute atomic E-state index is 0. The van der Waals surface area contributed by atoms with Crippen molar-refractivity contribution < 1.29 is 118 Å². The van der Waals surface area contributed by atoms with E-state index in [9.17, 15) is 45.9 Å². The van der Waals surface area contributed by atoms with E-state index < -0.39 is 65.8 Å². The average molecular weight is 1770 g/mol. The van der Waals surface area contributed by atoms with Gasteiger partial charge in [0.1, 0.15) is 34.9 Å². The van der Waals surface area contributed by atoms with Crippen molar-refractivity contribution in [3.05, 3.63) is 145 Å². The number of methoxy groups -OCH3 is 4. The van der Waals surface area contributed by atoms with Gasteiger partial charge in [0.2, 0.25) is 0 Å². The molecular weight excluding hydrogens is 1640 g/mol. The Balaban J connectivity index is -0.000000419. The number of allylic oxidation sites excluding steroid dienone is 2. The third kappa shape index (κ3) is 56.3. The molecule has 120 heavy (non-hydrogen) atoms. The van der Waals surface area contributed by atoms with Crippen LogP contribution in [0.2, 0.25) is 0 Å². The zero-order valence-electron chi connectivity index (χ0n) is 72.8. The summed E-state index contributed by atoms with van der Waals surface area (Å²) in [6, 6.07) is 30.1. The van der Waals surface area contributed by atoms with E-state index >= 15 is 4.39 Å². The first-order valence-electron chi connectivity index (χ1n) is 38.0. The summed E-state index contributed by atoms with van der Waals surface area (Å²) in [6.45, 7) is 31.9. The van der Waals surface area contributed by atoms with Gasteiger partial charge in [-0.25, -0.2) is 45.5 Å². The number of hydrogen-bond acceptors (Lipinski definition) is 20. The molecule has 664 valence electrons. The second-order valence-corrected chi connectivity index (χ2v) is 26.5. The summed E-state index contributed by atoms with van der Waals surface area (Å²) in [7, 11) is 9.99. The molecule has 0 spiro atoms. The number of likely N-dealkylation sites (N-methyl/N-ethyl adjacent to an activating group) is 2. The Morgan fingerprint density at radius 3 is 1.30 bits per heavy atom. The number of amides is 4. The predicted octanol–water partition coefficient (Wildman–Crippen LogP) is 7.67. The zero-order chi connectivity index (χ0) is 89.2. The van der Waals surface area contributed by atoms with E-state index in [0.29, 0.717) is 65.3 Å². The molecule has 3 aromatic carbocycles. The molecular formula is C86H127AlBrF6LiN10O15. The Bertz CT molecular complexity index is 3650. The average Bonchev–Trinajstić information content (AvgIpc) is 1.62. The molecule has 9 rings (SSSR count). The summed E-state index contributed by atoms with van der Waals surface area (Å²) >= 11 is 2.84. The van der Waals surface area contributed by atoms with Gasteiger partial charge >= 0.3 is 49.2 Å². The number of hydrogen-bond donors (Lipinski definition) is 6. The first kappa shape index (κ1) is 118. The molecule has 3 aromatic rings. The first-order chi connectivity index (χ1) is 56.3. The number of aliphatic carboxylic acids is 1. The number of nitrogens with one attached hydrogen (secondary N) is 5. The number of rotatable bonds is 23. The number of alkyl carbamates (subject to hydrolysis) is 3. The number of nitrogens with zero attached hydrogens (tertiary/aromatic N) is 5. The molecule has 6 fully saturated rings. The molecule has 4 amide bonds. The fraction of sp³-hybridized carbons (Fsp3) is 0.535. The minimum Gasteiger partial charge on any atom is -1.00 e. The molecule has 25 nitrogen and oxygen atoms in total. The number of carboxylic acid groups (broad SMARTS) is 1. The summed E-state index contributed by atoms with van der Waals surface area (Å²) in [5.74, 6) is 23.5. The van der Waals surface area contributed by atoms with Crippen molar-refractivity contribution in [2.24, 2.45) is 0 Å². The van der Waals surface area contributed by atoms with Crippen LogP contribution in [0.25, 0.3) is 0 Å². The quantitative estimate of drug-likeness (QED) is 0.0101. The van der Waals surface area contributed by atoms with E-state index in [1.807, 2.05) is 68.7 Å². The van der Waals surface area contributed by atoms with Gasteiger partial charge in [-0.3, -0.25) is 14.6 Å². The van der Waals surface area contributed by atoms with Crippen LogP contribution in [0.4, 0.5) is 45.5 Å². The normalized spacial score (nSPS) is 18.6. The Morgan fingerprint density at radius 2 is 0.942 bits per heavy atom. The van der Waals surface area contributed by atoms with E-state index in [1.54, 1.807) is 41.5 Å². The molecule has 34 heteroatoms. The molecule has 6 atom stereocenters. The van der Waals surface area contributed by atoms with Crippen molar-refractivity contribution in [2.45, 2.75) is 142 Å². The van der Waals surface area contributed by atoms with Gasteiger partial charge in [0.15, 0.2) is 29.9 Å². The van der Waals surface area contributed by atoms with Crippen LogP contribution in [-0.2, 0) is 67.1 Å². The van der Waals surface area contributed by atoms with Crippen LogP contribution >= 0.6 is 15.9 Å². The third-order valence-electron chi connectivity index (χ3n) is 16.5. The van der Waals surface area contributed by atoms with Gasteiger partial charge in [-0.15, -0.1) is 0 Å². The summed E-state index contributed by atoms with van der Waals surface area (Å²) in [4.78, 5) is 72.7. The van der Waals surface area contributed by atoms with Gasteiger partial charge in [0.25, 0.3) is 0 Å². The number of carbonyl (C=O) groups excluding carboxylic acids is 5. The topological polar surface area (TPSA) is 273 Å². The Hall–Kier alpha value is -8.31. The van der Waals surface area contributed by atoms with E-state index in [2.05, 4.69) is 192 Å². The number of fused-ring (bicyclic) bond motifs is 3. The number of alkyl halides is 4. The van der Waals surface area contributed by atoms with Crippen LogP contribution in [0, 0.1) is 59.2 Å². The fourth-order valence-electron chi connectivity index (χ4n) is 11.5. The van der Waals surface area contributed by atoms with Crippen LogP contribution in [-0.4, -0.2) is 291 Å². The van der Waals surface area contributed by atoms with E-state index in [-0.39, 0.29) is 112 Å². The van der Waals surface area contributed by atoms with Crippen molar-refractivity contribution in [3.63, 3.8) is 0 Å². The van der Waals surface area contributed by atoms with Gasteiger partial charge in [0, 0.05) is 93.9 Å². The Kier molecular flexibility index (Phi) is 71.1. The van der Waals surface area contributed by atoms with E-state index in [1.165, 1.54) is 58.3 Å². The summed E-state index contributed by atoms with van der Waals surface area (Å²) in [5, 5.41) is 21.7. The fourth-order valence-corrected chi connectivity index (χ4v) is 11.5. The number of carboxylic acids is 1.